The Morgan fingerprint density at radius 3 is 0.855 bits per heavy atom. The maximum absolute atomic E-state index is 10.8. The Morgan fingerprint density at radius 2 is 0.627 bits per heavy atom. The number of rotatable bonds is 28. The third-order valence-corrected chi connectivity index (χ3v) is 7.59. The summed E-state index contributed by atoms with van der Waals surface area (Å²) in [5.41, 5.74) is 0. The second-order valence-corrected chi connectivity index (χ2v) is 15.2. The summed E-state index contributed by atoms with van der Waals surface area (Å²) in [6.45, 7) is 50.4. The van der Waals surface area contributed by atoms with Crippen molar-refractivity contribution >= 4 is 65.2 Å². The normalized spacial score (nSPS) is 8.55. The Morgan fingerprint density at radius 1 is 0.313 bits per heavy atom. The zero-order chi connectivity index (χ0) is 66.9. The van der Waals surface area contributed by atoms with Gasteiger partial charge in [0, 0.05) is 105 Å². The van der Waals surface area contributed by atoms with Gasteiger partial charge in [-0.3, -0.25) is 43.7 Å². The summed E-state index contributed by atoms with van der Waals surface area (Å²) < 4.78 is 23.1. The van der Waals surface area contributed by atoms with Crippen LogP contribution in [0.25, 0.3) is 0 Å². The molecule has 0 fully saturated rings. The average molecular weight is 1210 g/mol. The smallest absolute Gasteiger partial charge is 0.407 e. The monoisotopic (exact) mass is 1200 g/mol. The number of likely N-dealkylation sites (N-methyl/N-ethyl adjacent to an activating group) is 1. The first-order valence-corrected chi connectivity index (χ1v) is 29.4. The van der Waals surface area contributed by atoms with E-state index in [1.54, 1.807) is 34.6 Å². The fourth-order valence-electron chi connectivity index (χ4n) is 3.69. The standard InChI is InChI=1S/C7H14N2O3.C7H14N2O2.C7H13NO3.C7H13NO2.C5H13NO.C5H10O.C4H9NO2.C4H9NO.C4H11N.C4H10O.C3H8/c1-3-8-6(10)5-12-7(11)9-4-2;1-3-8-6(10)5-7(11)9-4-2;1-3-6(9)5-11-7(10)8-4-2;1-3-6(9)5-7(10)8-4-2;1-3-6-5-7-4-2;1-3-5(6)4-2;1-3-5-4(6)7-2;1-3-5-4(2)6;2*1-3-5-4-2;1-3-2/h3-5H2,1-2H3,(H,8,10)(H,9,11);3-5H2,1-2H3,(H,8,10)(H,9,11);3-5H2,1-2H3,(H,8,10);3-5H2,1-2H3,(H,8,10);6H,3-5H2,1-2H3;3-4H2,1-2H3;3H2,1-2H3,(H,5,6);3H2,1-2H3,(H,5,6);5H,3-4H2,1-2H3;3-4H2,1-2H3;3H2,1-2H3. The molecule has 0 bridgehead atoms. The molecular weight excluding hydrogens is 1080 g/mol. The molecule has 0 aromatic heterocycles. The summed E-state index contributed by atoms with van der Waals surface area (Å²) in [6, 6.07) is 0. The van der Waals surface area contributed by atoms with Crippen LogP contribution in [0, 0.1) is 0 Å². The van der Waals surface area contributed by atoms with Crippen LogP contribution < -0.4 is 53.2 Å². The lowest BCUT2D eigenvalue weighted by atomic mass is 10.2. The number of amides is 8. The van der Waals surface area contributed by atoms with E-state index in [1.165, 1.54) is 20.5 Å². The second-order valence-electron chi connectivity index (χ2n) is 15.2. The van der Waals surface area contributed by atoms with Gasteiger partial charge in [0.2, 0.25) is 23.6 Å². The highest BCUT2D eigenvalue weighted by molar-refractivity contribution is 5.98. The van der Waals surface area contributed by atoms with Crippen molar-refractivity contribution in [2.24, 2.45) is 0 Å². The summed E-state index contributed by atoms with van der Waals surface area (Å²) in [5.74, 6) is -0.607. The molecule has 0 saturated heterocycles. The third-order valence-electron chi connectivity index (χ3n) is 7.59. The molecule has 26 heteroatoms. The van der Waals surface area contributed by atoms with Gasteiger partial charge in [0.15, 0.2) is 19.0 Å². The SMILES string of the molecule is CCC.CCC(=O)CC.CCNC(=O)CC(=O)CC.CCNC(=O)CC(=O)NCC.CCNC(=O)COC(=O)NCC.CCNC(=O)OC.CCNC(=O)OCC(=O)CC.CCNC(C)=O.CCNCC.CCNCOCC.CCOCC. The molecule has 0 unspecified atom stereocenters. The fourth-order valence-corrected chi connectivity index (χ4v) is 3.69. The Labute approximate surface area is 502 Å². The summed E-state index contributed by atoms with van der Waals surface area (Å²) in [7, 11) is 1.34. The molecule has 0 spiro atoms. The molecule has 83 heavy (non-hydrogen) atoms. The lowest BCUT2D eigenvalue weighted by molar-refractivity contribution is -0.130. The van der Waals surface area contributed by atoms with E-state index in [4.69, 9.17) is 9.47 Å². The van der Waals surface area contributed by atoms with E-state index in [2.05, 4.69) is 102 Å². The average Bonchev–Trinajstić information content (AvgIpc) is 3.44. The lowest BCUT2D eigenvalue weighted by Gasteiger charge is -2.04. The number of ketones is 3. The number of Topliss-reactive ketones (excluding diaryl/α,β-unsaturated/α-hetero) is 3. The molecule has 498 valence electrons. The van der Waals surface area contributed by atoms with Gasteiger partial charge in [0.1, 0.15) is 18.0 Å². The van der Waals surface area contributed by atoms with Crippen molar-refractivity contribution in [2.45, 2.75) is 190 Å². The molecule has 0 aromatic rings. The van der Waals surface area contributed by atoms with E-state index >= 15 is 0 Å². The van der Waals surface area contributed by atoms with Crippen molar-refractivity contribution in [3.8, 4) is 0 Å². The molecule has 0 heterocycles. The molecule has 0 atom stereocenters. The summed E-state index contributed by atoms with van der Waals surface area (Å²) in [4.78, 5) is 116. The Bertz CT molecular complexity index is 1410. The molecule has 0 radical (unpaired) electrons. The first-order chi connectivity index (χ1) is 39.4. The second kappa shape index (κ2) is 98.1. The first kappa shape index (κ1) is 102. The number of hydrogen-bond donors (Lipinski definition) is 10. The van der Waals surface area contributed by atoms with Crippen molar-refractivity contribution < 1.29 is 76.4 Å². The predicted octanol–water partition coefficient (Wildman–Crippen LogP) is 6.27. The third kappa shape index (κ3) is 143. The van der Waals surface area contributed by atoms with E-state index in [0.717, 1.165) is 46.0 Å². The number of alkyl carbamates (subject to hydrolysis) is 3. The van der Waals surface area contributed by atoms with Crippen molar-refractivity contribution in [1.29, 1.82) is 0 Å². The highest BCUT2D eigenvalue weighted by Gasteiger charge is 2.07. The molecule has 0 aromatic carbocycles. The van der Waals surface area contributed by atoms with Crippen LogP contribution in [0.4, 0.5) is 14.4 Å². The Hall–Kier alpha value is -5.99. The summed E-state index contributed by atoms with van der Waals surface area (Å²) in [6.07, 6.45) is 1.97. The molecule has 8 amide bonds. The summed E-state index contributed by atoms with van der Waals surface area (Å²) in [5, 5.41) is 26.1. The van der Waals surface area contributed by atoms with Gasteiger partial charge in [-0.25, -0.2) is 14.4 Å². The van der Waals surface area contributed by atoms with Crippen LogP contribution in [0.3, 0.4) is 0 Å². The number of hydrogen-bond acceptors (Lipinski definition) is 18. The minimum absolute atomic E-state index is 0.00838. The Kier molecular flexibility index (Phi) is 121. The highest BCUT2D eigenvalue weighted by Crippen LogP contribution is 1.88. The molecule has 0 saturated carbocycles. The van der Waals surface area contributed by atoms with Gasteiger partial charge in [-0.15, -0.1) is 0 Å². The van der Waals surface area contributed by atoms with Gasteiger partial charge in [0.05, 0.1) is 20.3 Å². The van der Waals surface area contributed by atoms with Crippen LogP contribution in [0.1, 0.15) is 190 Å². The van der Waals surface area contributed by atoms with Crippen molar-refractivity contribution in [3.05, 3.63) is 0 Å². The molecular formula is C57H124N10O16. The molecule has 0 rings (SSSR count). The number of nitrogens with one attached hydrogen (secondary N) is 10. The predicted molar refractivity (Wildman–Crippen MR) is 333 cm³/mol. The van der Waals surface area contributed by atoms with Gasteiger partial charge in [-0.1, -0.05) is 68.7 Å². The van der Waals surface area contributed by atoms with Crippen molar-refractivity contribution in [3.63, 3.8) is 0 Å². The first-order valence-electron chi connectivity index (χ1n) is 29.4. The van der Waals surface area contributed by atoms with Crippen LogP contribution in [0.15, 0.2) is 0 Å². The molecule has 0 aliphatic rings. The van der Waals surface area contributed by atoms with E-state index in [1.807, 2.05) is 69.2 Å². The number of ether oxygens (including phenoxy) is 5. The van der Waals surface area contributed by atoms with E-state index in [9.17, 15) is 52.7 Å². The Balaban J connectivity index is -0.0000000777. The molecule has 0 aliphatic carbocycles. The molecule has 10 N–H and O–H groups in total. The lowest BCUT2D eigenvalue weighted by Crippen LogP contribution is -2.31. The maximum atomic E-state index is 10.8. The summed E-state index contributed by atoms with van der Waals surface area (Å²) >= 11 is 0. The maximum Gasteiger partial charge on any atom is 0.407 e. The number of carbonyl (C=O) groups excluding carboxylic acids is 11. The van der Waals surface area contributed by atoms with E-state index < -0.39 is 12.2 Å². The van der Waals surface area contributed by atoms with Gasteiger partial charge in [-0.2, -0.15) is 0 Å². The van der Waals surface area contributed by atoms with Crippen molar-refractivity contribution in [1.82, 2.24) is 53.2 Å². The molecule has 26 nitrogen and oxygen atoms in total. The zero-order valence-electron chi connectivity index (χ0n) is 56.0. The van der Waals surface area contributed by atoms with Crippen LogP contribution >= 0.6 is 0 Å². The van der Waals surface area contributed by atoms with Crippen LogP contribution in [-0.4, -0.2) is 184 Å². The van der Waals surface area contributed by atoms with Crippen molar-refractivity contribution in [2.75, 3.05) is 119 Å². The minimum atomic E-state index is -0.566. The zero-order valence-corrected chi connectivity index (χ0v) is 56.0. The van der Waals surface area contributed by atoms with E-state index in [0.29, 0.717) is 84.0 Å². The van der Waals surface area contributed by atoms with Crippen LogP contribution in [0.5, 0.6) is 0 Å². The van der Waals surface area contributed by atoms with Gasteiger partial charge >= 0.3 is 18.3 Å². The van der Waals surface area contributed by atoms with Gasteiger partial charge in [-0.05, 0) is 95.8 Å². The number of carbonyl (C=O) groups is 11. The topological polar surface area (TPSA) is 354 Å². The van der Waals surface area contributed by atoms with E-state index in [-0.39, 0.29) is 73.3 Å². The van der Waals surface area contributed by atoms with Crippen LogP contribution in [0.2, 0.25) is 0 Å². The molecule has 0 aliphatic heterocycles. The number of methoxy groups -OCH3 is 1. The largest absolute Gasteiger partial charge is 0.453 e. The minimum Gasteiger partial charge on any atom is -0.453 e. The van der Waals surface area contributed by atoms with Crippen LogP contribution in [-0.2, 0) is 62.0 Å². The highest BCUT2D eigenvalue weighted by atomic mass is 16.6. The fraction of sp³-hybridized carbons (Fsp3) is 0.807. The van der Waals surface area contributed by atoms with Gasteiger partial charge in [0.25, 0.3) is 5.91 Å². The quantitative estimate of drug-likeness (QED) is 0.0179. The van der Waals surface area contributed by atoms with Gasteiger partial charge < -0.3 is 71.5 Å².